The van der Waals surface area contributed by atoms with Gasteiger partial charge in [0.15, 0.2) is 9.84 Å². The second-order valence-corrected chi connectivity index (χ2v) is 7.11. The molecule has 0 spiro atoms. The van der Waals surface area contributed by atoms with Gasteiger partial charge in [-0.1, -0.05) is 12.1 Å². The van der Waals surface area contributed by atoms with Gasteiger partial charge >= 0.3 is 0 Å². The molecule has 5 heteroatoms. The molecule has 21 heavy (non-hydrogen) atoms. The van der Waals surface area contributed by atoms with E-state index >= 15 is 0 Å². The third-order valence-corrected chi connectivity index (χ3v) is 5.23. The van der Waals surface area contributed by atoms with E-state index in [9.17, 15) is 12.8 Å². The molecular weight excluding hydrogens is 289 g/mol. The molecule has 0 aromatic heterocycles. The Bertz CT molecular complexity index is 770. The summed E-state index contributed by atoms with van der Waals surface area (Å²) in [6.45, 7) is 3.91. The minimum atomic E-state index is -3.48. The Morgan fingerprint density at radius 2 is 1.71 bits per heavy atom. The average molecular weight is 307 g/mol. The molecule has 0 amide bonds. The molecule has 0 aliphatic heterocycles. The van der Waals surface area contributed by atoms with E-state index in [-0.39, 0.29) is 17.2 Å². The van der Waals surface area contributed by atoms with Crippen LogP contribution in [-0.4, -0.2) is 8.42 Å². The van der Waals surface area contributed by atoms with Gasteiger partial charge in [-0.05, 0) is 60.4 Å². The Hall–Kier alpha value is -1.72. The maximum Gasteiger partial charge on any atom is 0.182 e. The first-order valence-electron chi connectivity index (χ1n) is 6.61. The average Bonchev–Trinajstić information content (AvgIpc) is 2.43. The number of aryl methyl sites for hydroxylation is 2. The summed E-state index contributed by atoms with van der Waals surface area (Å²) >= 11 is 0. The normalized spacial score (nSPS) is 11.6. The molecule has 0 radical (unpaired) electrons. The van der Waals surface area contributed by atoms with Gasteiger partial charge in [0.25, 0.3) is 0 Å². The molecule has 0 bridgehead atoms. The quantitative estimate of drug-likeness (QED) is 0.945. The molecule has 0 aliphatic rings. The van der Waals surface area contributed by atoms with Crippen molar-refractivity contribution in [2.24, 2.45) is 5.73 Å². The summed E-state index contributed by atoms with van der Waals surface area (Å²) in [7, 11) is -3.48. The number of hydrogen-bond donors (Lipinski definition) is 1. The van der Waals surface area contributed by atoms with Gasteiger partial charge in [0.05, 0.1) is 10.6 Å². The highest BCUT2D eigenvalue weighted by atomic mass is 32.2. The van der Waals surface area contributed by atoms with Crippen molar-refractivity contribution >= 4 is 9.84 Å². The van der Waals surface area contributed by atoms with Crippen molar-refractivity contribution in [1.29, 1.82) is 0 Å². The third kappa shape index (κ3) is 3.49. The van der Waals surface area contributed by atoms with Gasteiger partial charge in [0, 0.05) is 6.54 Å². The van der Waals surface area contributed by atoms with Gasteiger partial charge in [-0.3, -0.25) is 0 Å². The van der Waals surface area contributed by atoms with Crippen molar-refractivity contribution in [2.45, 2.75) is 31.0 Å². The van der Waals surface area contributed by atoms with Crippen LogP contribution >= 0.6 is 0 Å². The number of halogens is 1. The Kier molecular flexibility index (Phi) is 4.44. The summed E-state index contributed by atoms with van der Waals surface area (Å²) in [6, 6.07) is 9.07. The molecule has 0 aliphatic carbocycles. The molecule has 0 fully saturated rings. The topological polar surface area (TPSA) is 60.2 Å². The largest absolute Gasteiger partial charge is 0.326 e. The molecular formula is C16H18FNO2S. The van der Waals surface area contributed by atoms with E-state index in [1.807, 2.05) is 13.8 Å². The van der Waals surface area contributed by atoms with E-state index in [2.05, 4.69) is 0 Å². The van der Waals surface area contributed by atoms with Crippen molar-refractivity contribution in [1.82, 2.24) is 0 Å². The van der Waals surface area contributed by atoms with Crippen LogP contribution in [0, 0.1) is 19.7 Å². The predicted octanol–water partition coefficient (Wildman–Crippen LogP) is 2.88. The van der Waals surface area contributed by atoms with E-state index in [1.165, 1.54) is 18.2 Å². The number of sulfone groups is 1. The summed E-state index contributed by atoms with van der Waals surface area (Å²) in [5, 5.41) is 0. The van der Waals surface area contributed by atoms with Gasteiger partial charge in [-0.25, -0.2) is 12.8 Å². The fourth-order valence-corrected chi connectivity index (χ4v) is 3.61. The molecule has 0 atom stereocenters. The van der Waals surface area contributed by atoms with E-state index in [1.54, 1.807) is 18.2 Å². The Morgan fingerprint density at radius 3 is 2.33 bits per heavy atom. The lowest BCUT2D eigenvalue weighted by Gasteiger charge is -2.10. The van der Waals surface area contributed by atoms with Gasteiger partial charge in [0.2, 0.25) is 0 Å². The molecule has 2 N–H and O–H groups in total. The zero-order valence-corrected chi connectivity index (χ0v) is 12.9. The summed E-state index contributed by atoms with van der Waals surface area (Å²) < 4.78 is 38.1. The fourth-order valence-electron chi connectivity index (χ4n) is 2.12. The van der Waals surface area contributed by atoms with Crippen LogP contribution in [0.15, 0.2) is 41.3 Å². The van der Waals surface area contributed by atoms with E-state index in [0.29, 0.717) is 11.1 Å². The second-order valence-electron chi connectivity index (χ2n) is 5.12. The molecule has 0 saturated carbocycles. The van der Waals surface area contributed by atoms with Gasteiger partial charge in [-0.15, -0.1) is 0 Å². The first-order valence-corrected chi connectivity index (χ1v) is 8.26. The molecule has 112 valence electrons. The molecule has 0 heterocycles. The van der Waals surface area contributed by atoms with Crippen LogP contribution in [0.25, 0.3) is 0 Å². The number of hydrogen-bond acceptors (Lipinski definition) is 3. The minimum Gasteiger partial charge on any atom is -0.326 e. The lowest BCUT2D eigenvalue weighted by molar-refractivity contribution is 0.594. The summed E-state index contributed by atoms with van der Waals surface area (Å²) in [5.74, 6) is -0.592. The van der Waals surface area contributed by atoms with Crippen molar-refractivity contribution in [3.05, 3.63) is 64.5 Å². The Labute approximate surface area is 124 Å². The van der Waals surface area contributed by atoms with Crippen molar-refractivity contribution < 1.29 is 12.8 Å². The molecule has 3 nitrogen and oxygen atoms in total. The van der Waals surface area contributed by atoms with E-state index in [4.69, 9.17) is 5.73 Å². The van der Waals surface area contributed by atoms with E-state index in [0.717, 1.165) is 11.1 Å². The first kappa shape index (κ1) is 15.7. The highest BCUT2D eigenvalue weighted by Crippen LogP contribution is 2.21. The highest BCUT2D eigenvalue weighted by molar-refractivity contribution is 7.90. The first-order chi connectivity index (χ1) is 9.83. The molecule has 2 rings (SSSR count). The lowest BCUT2D eigenvalue weighted by Crippen LogP contribution is -2.10. The summed E-state index contributed by atoms with van der Waals surface area (Å²) in [5.41, 5.74) is 8.58. The molecule has 0 saturated heterocycles. The standard InChI is InChI=1S/C16H18FNO2S/c1-11-3-6-16(7-12(11)2)21(19,20)10-13-4-5-15(17)8-14(13)9-18/h3-8H,9-10,18H2,1-2H3. The van der Waals surface area contributed by atoms with Crippen LogP contribution in [0.5, 0.6) is 0 Å². The molecule has 2 aromatic rings. The van der Waals surface area contributed by atoms with E-state index < -0.39 is 15.7 Å². The van der Waals surface area contributed by atoms with Crippen molar-refractivity contribution in [3.8, 4) is 0 Å². The van der Waals surface area contributed by atoms with Crippen LogP contribution in [0.2, 0.25) is 0 Å². The number of benzene rings is 2. The van der Waals surface area contributed by atoms with Crippen molar-refractivity contribution in [3.63, 3.8) is 0 Å². The maximum absolute atomic E-state index is 13.2. The zero-order valence-electron chi connectivity index (χ0n) is 12.1. The monoisotopic (exact) mass is 307 g/mol. The van der Waals surface area contributed by atoms with Gasteiger partial charge < -0.3 is 5.73 Å². The van der Waals surface area contributed by atoms with Crippen LogP contribution in [0.3, 0.4) is 0 Å². The molecule has 2 aromatic carbocycles. The fraction of sp³-hybridized carbons (Fsp3) is 0.250. The van der Waals surface area contributed by atoms with Crippen LogP contribution < -0.4 is 5.73 Å². The minimum absolute atomic E-state index is 0.107. The van der Waals surface area contributed by atoms with Crippen LogP contribution in [0.4, 0.5) is 4.39 Å². The lowest BCUT2D eigenvalue weighted by atomic mass is 10.1. The Balaban J connectivity index is 2.39. The number of rotatable bonds is 4. The Morgan fingerprint density at radius 1 is 1.00 bits per heavy atom. The van der Waals surface area contributed by atoms with Crippen molar-refractivity contribution in [2.75, 3.05) is 0 Å². The zero-order chi connectivity index (χ0) is 15.6. The summed E-state index contributed by atoms with van der Waals surface area (Å²) in [4.78, 5) is 0.276. The predicted molar refractivity (Wildman–Crippen MR) is 81.1 cm³/mol. The smallest absolute Gasteiger partial charge is 0.182 e. The SMILES string of the molecule is Cc1ccc(S(=O)(=O)Cc2ccc(F)cc2CN)cc1C. The second kappa shape index (κ2) is 5.95. The van der Waals surface area contributed by atoms with Gasteiger partial charge in [0.1, 0.15) is 5.82 Å². The van der Waals surface area contributed by atoms with Crippen LogP contribution in [0.1, 0.15) is 22.3 Å². The summed E-state index contributed by atoms with van der Waals surface area (Å²) in [6.07, 6.45) is 0. The number of nitrogens with two attached hydrogens (primary N) is 1. The highest BCUT2D eigenvalue weighted by Gasteiger charge is 2.18. The molecule has 0 unspecified atom stereocenters. The third-order valence-electron chi connectivity index (χ3n) is 3.57. The van der Waals surface area contributed by atoms with Gasteiger partial charge in [-0.2, -0.15) is 0 Å². The van der Waals surface area contributed by atoms with Crippen LogP contribution in [-0.2, 0) is 22.1 Å². The maximum atomic E-state index is 13.2.